The van der Waals surface area contributed by atoms with Crippen LogP contribution < -0.4 is 11.2 Å². The number of carboxylic acid groups (broad SMARTS) is 1. The molecular weight excluding hydrogens is 260 g/mol. The number of hydrogen-bond acceptors (Lipinski definition) is 3. The first-order chi connectivity index (χ1) is 8.49. The van der Waals surface area contributed by atoms with Gasteiger partial charge >= 0.3 is 11.7 Å². The Hall–Kier alpha value is -2.34. The van der Waals surface area contributed by atoms with E-state index in [2.05, 4.69) is 4.98 Å². The molecule has 0 atom stereocenters. The summed E-state index contributed by atoms with van der Waals surface area (Å²) in [6, 6.07) is 6.04. The van der Waals surface area contributed by atoms with Gasteiger partial charge in [0.05, 0.1) is 5.56 Å². The smallest absolute Gasteiger partial charge is 0.353 e. The lowest BCUT2D eigenvalue weighted by Crippen LogP contribution is -2.27. The van der Waals surface area contributed by atoms with Crippen molar-refractivity contribution >= 4 is 17.6 Å². The van der Waals surface area contributed by atoms with E-state index in [0.29, 0.717) is 10.6 Å². The maximum absolute atomic E-state index is 11.7. The fourth-order valence-electron chi connectivity index (χ4n) is 1.54. The summed E-state index contributed by atoms with van der Waals surface area (Å²) in [7, 11) is 0. The molecule has 2 rings (SSSR count). The highest BCUT2D eigenvalue weighted by molar-refractivity contribution is 6.30. The summed E-state index contributed by atoms with van der Waals surface area (Å²) in [5.41, 5.74) is -1.84. The summed E-state index contributed by atoms with van der Waals surface area (Å²) in [4.78, 5) is 37.8. The Bertz CT molecular complexity index is 715. The Morgan fingerprint density at radius 2 is 1.72 bits per heavy atom. The standard InChI is InChI=1S/C11H7ClN2O4/c12-6-3-1-5(2-4-6)7-8(10(16)17)13-11(18)14-9(7)15/h1-4H,(H,16,17)(H2,13,14,15,18). The number of aromatic nitrogens is 2. The lowest BCUT2D eigenvalue weighted by atomic mass is 10.1. The molecule has 2 aromatic rings. The van der Waals surface area contributed by atoms with Gasteiger partial charge in [-0.2, -0.15) is 0 Å². The number of carboxylic acids is 1. The van der Waals surface area contributed by atoms with Crippen molar-refractivity contribution < 1.29 is 9.90 Å². The molecule has 0 radical (unpaired) electrons. The van der Waals surface area contributed by atoms with Crippen molar-refractivity contribution in [2.45, 2.75) is 0 Å². The van der Waals surface area contributed by atoms with Crippen LogP contribution in [0.5, 0.6) is 0 Å². The van der Waals surface area contributed by atoms with E-state index in [-0.39, 0.29) is 5.56 Å². The van der Waals surface area contributed by atoms with Gasteiger partial charge in [0.15, 0.2) is 0 Å². The number of H-pyrrole nitrogens is 2. The van der Waals surface area contributed by atoms with Gasteiger partial charge < -0.3 is 10.1 Å². The second-order valence-corrected chi connectivity index (χ2v) is 3.91. The largest absolute Gasteiger partial charge is 0.477 e. The Morgan fingerprint density at radius 3 is 2.28 bits per heavy atom. The molecule has 0 aliphatic rings. The quantitative estimate of drug-likeness (QED) is 0.757. The van der Waals surface area contributed by atoms with E-state index in [1.54, 1.807) is 0 Å². The molecule has 0 unspecified atom stereocenters. The summed E-state index contributed by atoms with van der Waals surface area (Å²) in [5.74, 6) is -1.39. The van der Waals surface area contributed by atoms with E-state index in [1.165, 1.54) is 24.3 Å². The number of aromatic carboxylic acids is 1. The summed E-state index contributed by atoms with van der Waals surface area (Å²) in [5, 5.41) is 9.44. The minimum atomic E-state index is -1.39. The molecule has 0 saturated heterocycles. The molecule has 1 aromatic heterocycles. The average Bonchev–Trinajstić information content (AvgIpc) is 2.29. The monoisotopic (exact) mass is 266 g/mol. The zero-order valence-corrected chi connectivity index (χ0v) is 9.62. The molecule has 7 heteroatoms. The predicted octanol–water partition coefficient (Wildman–Crippen LogP) is 1.08. The zero-order valence-electron chi connectivity index (χ0n) is 8.86. The molecule has 1 aromatic carbocycles. The highest BCUT2D eigenvalue weighted by Gasteiger charge is 2.17. The van der Waals surface area contributed by atoms with Gasteiger partial charge in [0, 0.05) is 5.02 Å². The molecular formula is C11H7ClN2O4. The number of nitrogens with one attached hydrogen (secondary N) is 2. The number of hydrogen-bond donors (Lipinski definition) is 3. The van der Waals surface area contributed by atoms with Gasteiger partial charge in [0.2, 0.25) is 0 Å². The number of aromatic amines is 2. The van der Waals surface area contributed by atoms with E-state index in [4.69, 9.17) is 16.7 Å². The molecule has 0 saturated carbocycles. The normalized spacial score (nSPS) is 10.3. The van der Waals surface area contributed by atoms with E-state index in [9.17, 15) is 14.4 Å². The summed E-state index contributed by atoms with van der Waals surface area (Å²) in [6.45, 7) is 0. The minimum Gasteiger partial charge on any atom is -0.477 e. The average molecular weight is 267 g/mol. The zero-order chi connectivity index (χ0) is 13.3. The first-order valence-electron chi connectivity index (χ1n) is 4.85. The third kappa shape index (κ3) is 2.18. The van der Waals surface area contributed by atoms with Gasteiger partial charge in [-0.25, -0.2) is 9.59 Å². The van der Waals surface area contributed by atoms with Crippen LogP contribution in [0.4, 0.5) is 0 Å². The highest BCUT2D eigenvalue weighted by Crippen LogP contribution is 2.20. The van der Waals surface area contributed by atoms with Crippen molar-refractivity contribution in [3.05, 3.63) is 55.8 Å². The number of benzene rings is 1. The summed E-state index contributed by atoms with van der Waals surface area (Å²) >= 11 is 5.71. The molecule has 0 aliphatic carbocycles. The van der Waals surface area contributed by atoms with Crippen molar-refractivity contribution in [3.8, 4) is 11.1 Å². The minimum absolute atomic E-state index is 0.112. The molecule has 1 heterocycles. The van der Waals surface area contributed by atoms with Crippen LogP contribution in [0.2, 0.25) is 5.02 Å². The molecule has 0 amide bonds. The van der Waals surface area contributed by atoms with Crippen molar-refractivity contribution in [1.82, 2.24) is 9.97 Å². The molecule has 0 spiro atoms. The molecule has 0 fully saturated rings. The van der Waals surface area contributed by atoms with E-state index < -0.39 is 22.9 Å². The van der Waals surface area contributed by atoms with Crippen LogP contribution >= 0.6 is 11.6 Å². The number of carbonyl (C=O) groups is 1. The molecule has 0 bridgehead atoms. The van der Waals surface area contributed by atoms with E-state index in [1.807, 2.05) is 4.98 Å². The van der Waals surface area contributed by atoms with Gasteiger partial charge in [-0.05, 0) is 17.7 Å². The summed E-state index contributed by atoms with van der Waals surface area (Å²) < 4.78 is 0. The number of rotatable bonds is 2. The van der Waals surface area contributed by atoms with Crippen molar-refractivity contribution in [1.29, 1.82) is 0 Å². The van der Waals surface area contributed by atoms with Crippen LogP contribution in [0.3, 0.4) is 0 Å². The molecule has 6 nitrogen and oxygen atoms in total. The van der Waals surface area contributed by atoms with Crippen LogP contribution in [-0.2, 0) is 0 Å². The van der Waals surface area contributed by atoms with Crippen molar-refractivity contribution in [2.24, 2.45) is 0 Å². The van der Waals surface area contributed by atoms with Crippen LogP contribution in [0.25, 0.3) is 11.1 Å². The van der Waals surface area contributed by atoms with Gasteiger partial charge in [0.25, 0.3) is 5.56 Å². The topological polar surface area (TPSA) is 103 Å². The summed E-state index contributed by atoms with van der Waals surface area (Å²) in [6.07, 6.45) is 0. The molecule has 0 aliphatic heterocycles. The Kier molecular flexibility index (Phi) is 3.03. The van der Waals surface area contributed by atoms with Crippen molar-refractivity contribution in [2.75, 3.05) is 0 Å². The molecule has 92 valence electrons. The maximum Gasteiger partial charge on any atom is 0.353 e. The van der Waals surface area contributed by atoms with Crippen LogP contribution in [-0.4, -0.2) is 21.0 Å². The fraction of sp³-hybridized carbons (Fsp3) is 0. The van der Waals surface area contributed by atoms with E-state index in [0.717, 1.165) is 0 Å². The first kappa shape index (κ1) is 12.1. The third-order valence-corrected chi connectivity index (χ3v) is 2.54. The Morgan fingerprint density at radius 1 is 1.11 bits per heavy atom. The van der Waals surface area contributed by atoms with Gasteiger partial charge in [-0.3, -0.25) is 9.78 Å². The van der Waals surface area contributed by atoms with Crippen LogP contribution in [0, 0.1) is 0 Å². The predicted molar refractivity (Wildman–Crippen MR) is 65.1 cm³/mol. The van der Waals surface area contributed by atoms with Gasteiger partial charge in [0.1, 0.15) is 5.69 Å². The van der Waals surface area contributed by atoms with Crippen LogP contribution in [0.1, 0.15) is 10.5 Å². The Balaban J connectivity index is 2.78. The maximum atomic E-state index is 11.7. The molecule has 18 heavy (non-hydrogen) atoms. The third-order valence-electron chi connectivity index (χ3n) is 2.29. The SMILES string of the molecule is O=C(O)c1[nH]c(=O)[nH]c(=O)c1-c1ccc(Cl)cc1. The van der Waals surface area contributed by atoms with Crippen molar-refractivity contribution in [3.63, 3.8) is 0 Å². The highest BCUT2D eigenvalue weighted by atomic mass is 35.5. The Labute approximate surface area is 105 Å². The van der Waals surface area contributed by atoms with E-state index >= 15 is 0 Å². The van der Waals surface area contributed by atoms with Crippen LogP contribution in [0.15, 0.2) is 33.9 Å². The number of halogens is 1. The lowest BCUT2D eigenvalue weighted by molar-refractivity contribution is 0.0690. The molecule has 3 N–H and O–H groups in total. The first-order valence-corrected chi connectivity index (χ1v) is 5.22. The fourth-order valence-corrected chi connectivity index (χ4v) is 1.66. The van der Waals surface area contributed by atoms with Gasteiger partial charge in [-0.15, -0.1) is 0 Å². The second-order valence-electron chi connectivity index (χ2n) is 3.47. The van der Waals surface area contributed by atoms with Gasteiger partial charge in [-0.1, -0.05) is 23.7 Å². The lowest BCUT2D eigenvalue weighted by Gasteiger charge is -2.04. The second kappa shape index (κ2) is 4.50.